The Labute approximate surface area is 312 Å². The fourth-order valence-corrected chi connectivity index (χ4v) is 10.0. The lowest BCUT2D eigenvalue weighted by molar-refractivity contribution is 0.232. The second-order valence-corrected chi connectivity index (χ2v) is 15.6. The van der Waals surface area contributed by atoms with Gasteiger partial charge >= 0.3 is 0 Å². The summed E-state index contributed by atoms with van der Waals surface area (Å²) in [5.74, 6) is 1.28. The minimum absolute atomic E-state index is 0.126. The van der Waals surface area contributed by atoms with Crippen LogP contribution < -0.4 is 9.64 Å². The minimum Gasteiger partial charge on any atom is -0.490 e. The summed E-state index contributed by atoms with van der Waals surface area (Å²) in [6.07, 6.45) is 0.126. The lowest BCUT2D eigenvalue weighted by Crippen LogP contribution is -2.11. The van der Waals surface area contributed by atoms with Gasteiger partial charge in [-0.25, -0.2) is 0 Å². The van der Waals surface area contributed by atoms with E-state index in [4.69, 9.17) is 4.74 Å². The zero-order chi connectivity index (χ0) is 35.2. The fourth-order valence-electron chi connectivity index (χ4n) is 8.85. The molecule has 9 aromatic carbocycles. The Morgan fingerprint density at radius 1 is 0.491 bits per heavy atom. The van der Waals surface area contributed by atoms with Crippen molar-refractivity contribution in [2.75, 3.05) is 4.90 Å². The highest BCUT2D eigenvalue weighted by Gasteiger charge is 2.31. The van der Waals surface area contributed by atoms with E-state index in [1.54, 1.807) is 0 Å². The van der Waals surface area contributed by atoms with Crippen molar-refractivity contribution in [3.63, 3.8) is 0 Å². The van der Waals surface area contributed by atoms with Crippen molar-refractivity contribution in [1.29, 1.82) is 0 Å². The largest absolute Gasteiger partial charge is 0.490 e. The van der Waals surface area contributed by atoms with E-state index >= 15 is 0 Å². The summed E-state index contributed by atoms with van der Waals surface area (Å²) in [6, 6.07) is 60.5. The van der Waals surface area contributed by atoms with E-state index in [9.17, 15) is 0 Å². The van der Waals surface area contributed by atoms with Crippen LogP contribution in [0.1, 0.15) is 25.3 Å². The Balaban J connectivity index is 1.22. The molecule has 1 aliphatic rings. The Morgan fingerprint density at radius 3 is 2.02 bits per heavy atom. The van der Waals surface area contributed by atoms with E-state index in [2.05, 4.69) is 183 Å². The van der Waals surface area contributed by atoms with Crippen LogP contribution in [0.2, 0.25) is 0 Å². The van der Waals surface area contributed by atoms with Crippen LogP contribution in [0.15, 0.2) is 164 Å². The van der Waals surface area contributed by atoms with E-state index < -0.39 is 0 Å². The molecule has 0 amide bonds. The highest BCUT2D eigenvalue weighted by Crippen LogP contribution is 2.51. The number of fused-ring (bicyclic) bond motifs is 4. The minimum atomic E-state index is 0.126. The molecule has 1 aromatic heterocycles. The Bertz CT molecular complexity index is 3000. The Kier molecular flexibility index (Phi) is 6.71. The van der Waals surface area contributed by atoms with Gasteiger partial charge in [-0.05, 0) is 98.6 Å². The molecule has 0 aliphatic carbocycles. The number of benzene rings is 9. The summed E-state index contributed by atoms with van der Waals surface area (Å²) in [6.45, 7) is 4.49. The third-order valence-corrected chi connectivity index (χ3v) is 12.6. The van der Waals surface area contributed by atoms with E-state index in [0.29, 0.717) is 0 Å². The van der Waals surface area contributed by atoms with Crippen LogP contribution in [0.3, 0.4) is 0 Å². The molecule has 2 atom stereocenters. The topological polar surface area (TPSA) is 12.5 Å². The maximum atomic E-state index is 6.42. The van der Waals surface area contributed by atoms with Gasteiger partial charge in [0.05, 0.1) is 5.69 Å². The van der Waals surface area contributed by atoms with Gasteiger partial charge in [-0.15, -0.1) is 11.3 Å². The quantitative estimate of drug-likeness (QED) is 0.166. The van der Waals surface area contributed by atoms with Crippen LogP contribution in [0.5, 0.6) is 5.75 Å². The molecular formula is C50H35NOS. The first kappa shape index (κ1) is 30.5. The fraction of sp³-hybridized carbons (Fsp3) is 0.0800. The second kappa shape index (κ2) is 11.7. The summed E-state index contributed by atoms with van der Waals surface area (Å²) in [4.78, 5) is 2.49. The average Bonchev–Trinajstić information content (AvgIpc) is 3.73. The summed E-state index contributed by atoms with van der Waals surface area (Å²) >= 11 is 1.88. The predicted molar refractivity (Wildman–Crippen MR) is 227 cm³/mol. The van der Waals surface area contributed by atoms with Gasteiger partial charge in [0.25, 0.3) is 0 Å². The summed E-state index contributed by atoms with van der Waals surface area (Å²) < 4.78 is 9.00. The maximum Gasteiger partial charge on any atom is 0.123 e. The molecular weight excluding hydrogens is 663 g/mol. The molecule has 0 spiro atoms. The molecule has 11 rings (SSSR count). The third kappa shape index (κ3) is 4.64. The van der Waals surface area contributed by atoms with Crippen molar-refractivity contribution in [2.24, 2.45) is 0 Å². The highest BCUT2D eigenvalue weighted by atomic mass is 32.1. The summed E-state index contributed by atoms with van der Waals surface area (Å²) in [5, 5.41) is 10.3. The van der Waals surface area contributed by atoms with Crippen LogP contribution in [-0.4, -0.2) is 6.10 Å². The van der Waals surface area contributed by atoms with Gasteiger partial charge in [-0.1, -0.05) is 128 Å². The van der Waals surface area contributed by atoms with E-state index in [1.165, 1.54) is 86.0 Å². The molecule has 0 saturated heterocycles. The monoisotopic (exact) mass is 697 g/mol. The molecule has 0 saturated carbocycles. The summed E-state index contributed by atoms with van der Waals surface area (Å²) in [5.41, 5.74) is 9.64. The van der Waals surface area contributed by atoms with Gasteiger partial charge in [0.1, 0.15) is 11.9 Å². The Hall–Kier alpha value is -6.16. The predicted octanol–water partition coefficient (Wildman–Crippen LogP) is 14.6. The molecule has 0 fully saturated rings. The molecule has 10 aromatic rings. The number of hydrogen-bond acceptors (Lipinski definition) is 3. The smallest absolute Gasteiger partial charge is 0.123 e. The van der Waals surface area contributed by atoms with Crippen molar-refractivity contribution >= 4 is 80.9 Å². The molecule has 0 radical (unpaired) electrons. The molecule has 252 valence electrons. The Morgan fingerprint density at radius 2 is 1.19 bits per heavy atom. The average molecular weight is 698 g/mol. The van der Waals surface area contributed by atoms with E-state index in [0.717, 1.165) is 17.1 Å². The number of hydrogen-bond donors (Lipinski definition) is 0. The van der Waals surface area contributed by atoms with Crippen LogP contribution >= 0.6 is 11.3 Å². The third-order valence-electron chi connectivity index (χ3n) is 11.5. The van der Waals surface area contributed by atoms with Crippen LogP contribution in [-0.2, 0) is 0 Å². The number of anilines is 3. The number of nitrogens with zero attached hydrogens (tertiary/aromatic N) is 1. The van der Waals surface area contributed by atoms with Gasteiger partial charge in [0, 0.05) is 48.4 Å². The van der Waals surface area contributed by atoms with Gasteiger partial charge in [0.2, 0.25) is 0 Å². The molecule has 0 bridgehead atoms. The molecule has 0 N–H and O–H groups in total. The van der Waals surface area contributed by atoms with Crippen LogP contribution in [0, 0.1) is 0 Å². The SMILES string of the molecule is CC1Oc2cccc(-c3cc(N(c4ccc(-c5ccccc5)cc4)c4ccc5ccc6cccc7ccc4c5c67)cc4sc5ccccc5c34)c2C1C. The standard InChI is InChI=1S/C50H35NOS/c1-30-31(2)52-44-16-9-15-39(47(30)44)42-28-38(29-46-50(42)41-14-6-7-17-45(41)53-46)51(37-24-20-33(21-25-37)32-10-4-3-5-11-32)43-27-23-36-19-18-34-12-8-13-35-22-26-40(43)49(36)48(34)35/h3-31H,1-2H3. The summed E-state index contributed by atoms with van der Waals surface area (Å²) in [7, 11) is 0. The zero-order valence-corrected chi connectivity index (χ0v) is 30.3. The van der Waals surface area contributed by atoms with Crippen molar-refractivity contribution in [2.45, 2.75) is 25.9 Å². The first-order valence-corrected chi connectivity index (χ1v) is 19.3. The molecule has 2 heterocycles. The van der Waals surface area contributed by atoms with Crippen molar-refractivity contribution in [3.05, 3.63) is 169 Å². The van der Waals surface area contributed by atoms with Crippen molar-refractivity contribution in [3.8, 4) is 28.0 Å². The van der Waals surface area contributed by atoms with Crippen LogP contribution in [0.4, 0.5) is 17.1 Å². The van der Waals surface area contributed by atoms with Crippen LogP contribution in [0.25, 0.3) is 74.7 Å². The number of thiophene rings is 1. The van der Waals surface area contributed by atoms with Gasteiger partial charge < -0.3 is 9.64 Å². The second-order valence-electron chi connectivity index (χ2n) is 14.5. The molecule has 3 heteroatoms. The first-order chi connectivity index (χ1) is 26.1. The van der Waals surface area contributed by atoms with Gasteiger partial charge in [-0.2, -0.15) is 0 Å². The van der Waals surface area contributed by atoms with E-state index in [-0.39, 0.29) is 12.0 Å². The van der Waals surface area contributed by atoms with Gasteiger partial charge in [0.15, 0.2) is 0 Å². The van der Waals surface area contributed by atoms with Gasteiger partial charge in [-0.3, -0.25) is 0 Å². The number of ether oxygens (including phenoxy) is 1. The van der Waals surface area contributed by atoms with Crippen molar-refractivity contribution < 1.29 is 4.74 Å². The zero-order valence-electron chi connectivity index (χ0n) is 29.5. The highest BCUT2D eigenvalue weighted by molar-refractivity contribution is 7.26. The first-order valence-electron chi connectivity index (χ1n) is 18.5. The van der Waals surface area contributed by atoms with E-state index in [1.807, 2.05) is 11.3 Å². The molecule has 2 nitrogen and oxygen atoms in total. The number of rotatable bonds is 5. The molecule has 1 aliphatic heterocycles. The molecule has 53 heavy (non-hydrogen) atoms. The maximum absolute atomic E-state index is 6.42. The lowest BCUT2D eigenvalue weighted by Gasteiger charge is -2.29. The normalized spacial score (nSPS) is 15.5. The lowest BCUT2D eigenvalue weighted by atomic mass is 9.88. The molecule has 2 unspecified atom stereocenters. The van der Waals surface area contributed by atoms with Crippen molar-refractivity contribution in [1.82, 2.24) is 0 Å².